The molecule has 2 aliphatic heterocycles. The smallest absolute Gasteiger partial charge is 0.227 e. The molecule has 5 rings (SSSR count). The standard InChI is InChI=1S/C26H30N4O2/c31-24(28-15-8-1-2-9-16-28)14-17-29-23-13-7-6-12-22(23)27-26(29)20-18-25(32)30(19-20)21-10-4-3-5-11-21/h3-7,10-13,20H,1-2,8-9,14-19H2. The number of para-hydroxylation sites is 3. The minimum absolute atomic E-state index is 0.0170. The first kappa shape index (κ1) is 20.7. The predicted octanol–water partition coefficient (Wildman–Crippen LogP) is 4.35. The van der Waals surface area contributed by atoms with Crippen LogP contribution in [0.5, 0.6) is 0 Å². The fraction of sp³-hybridized carbons (Fsp3) is 0.423. The Hall–Kier alpha value is -3.15. The van der Waals surface area contributed by atoms with Gasteiger partial charge in [0.25, 0.3) is 0 Å². The predicted molar refractivity (Wildman–Crippen MR) is 126 cm³/mol. The van der Waals surface area contributed by atoms with Crippen LogP contribution in [0.4, 0.5) is 5.69 Å². The lowest BCUT2D eigenvalue weighted by atomic mass is 10.1. The molecule has 2 aromatic carbocycles. The average Bonchev–Trinajstić information content (AvgIpc) is 3.26. The topological polar surface area (TPSA) is 58.4 Å². The van der Waals surface area contributed by atoms with Gasteiger partial charge in [-0.15, -0.1) is 0 Å². The highest BCUT2D eigenvalue weighted by Gasteiger charge is 2.34. The Kier molecular flexibility index (Phi) is 5.93. The molecule has 32 heavy (non-hydrogen) atoms. The normalized spacial score (nSPS) is 19.5. The zero-order chi connectivity index (χ0) is 21.9. The Balaban J connectivity index is 1.38. The molecule has 0 spiro atoms. The van der Waals surface area contributed by atoms with E-state index in [0.717, 1.165) is 48.5 Å². The van der Waals surface area contributed by atoms with E-state index in [2.05, 4.69) is 10.6 Å². The number of anilines is 1. The van der Waals surface area contributed by atoms with Crippen LogP contribution in [-0.4, -0.2) is 45.9 Å². The molecule has 2 amide bonds. The molecular weight excluding hydrogens is 400 g/mol. The Labute approximate surface area is 188 Å². The van der Waals surface area contributed by atoms with Crippen molar-refractivity contribution in [2.45, 2.75) is 51.0 Å². The maximum atomic E-state index is 12.9. The van der Waals surface area contributed by atoms with Crippen molar-refractivity contribution in [1.29, 1.82) is 0 Å². The van der Waals surface area contributed by atoms with E-state index in [-0.39, 0.29) is 17.7 Å². The van der Waals surface area contributed by atoms with Crippen molar-refractivity contribution in [3.63, 3.8) is 0 Å². The third kappa shape index (κ3) is 4.14. The Morgan fingerprint density at radius 2 is 1.66 bits per heavy atom. The number of aromatic nitrogens is 2. The molecule has 3 heterocycles. The fourth-order valence-corrected chi connectivity index (χ4v) is 5.06. The van der Waals surface area contributed by atoms with Crippen molar-refractivity contribution in [1.82, 2.24) is 14.5 Å². The number of fused-ring (bicyclic) bond motifs is 1. The van der Waals surface area contributed by atoms with Crippen molar-refractivity contribution in [2.75, 3.05) is 24.5 Å². The number of carbonyl (C=O) groups excluding carboxylic acids is 2. The lowest BCUT2D eigenvalue weighted by Crippen LogP contribution is -2.32. The number of benzene rings is 2. The fourth-order valence-electron chi connectivity index (χ4n) is 5.06. The number of rotatable bonds is 5. The highest BCUT2D eigenvalue weighted by molar-refractivity contribution is 5.96. The molecule has 166 valence electrons. The third-order valence-corrected chi connectivity index (χ3v) is 6.75. The van der Waals surface area contributed by atoms with E-state index >= 15 is 0 Å². The molecule has 2 fully saturated rings. The van der Waals surface area contributed by atoms with Crippen LogP contribution in [0.2, 0.25) is 0 Å². The molecule has 1 atom stereocenters. The summed E-state index contributed by atoms with van der Waals surface area (Å²) in [4.78, 5) is 34.6. The minimum atomic E-state index is 0.0170. The van der Waals surface area contributed by atoms with Crippen molar-refractivity contribution in [3.8, 4) is 0 Å². The molecule has 0 saturated carbocycles. The summed E-state index contributed by atoms with van der Waals surface area (Å²) in [6, 6.07) is 17.9. The summed E-state index contributed by atoms with van der Waals surface area (Å²) >= 11 is 0. The van der Waals surface area contributed by atoms with Gasteiger partial charge >= 0.3 is 0 Å². The monoisotopic (exact) mass is 430 g/mol. The van der Waals surface area contributed by atoms with Gasteiger partial charge in [0.2, 0.25) is 11.8 Å². The first-order valence-corrected chi connectivity index (χ1v) is 11.8. The van der Waals surface area contributed by atoms with Gasteiger partial charge in [0.05, 0.1) is 11.0 Å². The molecule has 2 saturated heterocycles. The van der Waals surface area contributed by atoms with Crippen molar-refractivity contribution < 1.29 is 9.59 Å². The van der Waals surface area contributed by atoms with Crippen LogP contribution >= 0.6 is 0 Å². The highest BCUT2D eigenvalue weighted by Crippen LogP contribution is 2.33. The Bertz CT molecular complexity index is 1100. The van der Waals surface area contributed by atoms with Crippen LogP contribution < -0.4 is 4.90 Å². The lowest BCUT2D eigenvalue weighted by Gasteiger charge is -2.21. The van der Waals surface area contributed by atoms with E-state index in [4.69, 9.17) is 4.98 Å². The van der Waals surface area contributed by atoms with Crippen LogP contribution in [0.25, 0.3) is 11.0 Å². The lowest BCUT2D eigenvalue weighted by molar-refractivity contribution is -0.131. The van der Waals surface area contributed by atoms with Crippen LogP contribution in [0.3, 0.4) is 0 Å². The number of hydrogen-bond donors (Lipinski definition) is 0. The second-order valence-corrected chi connectivity index (χ2v) is 8.90. The Morgan fingerprint density at radius 1 is 0.938 bits per heavy atom. The summed E-state index contributed by atoms with van der Waals surface area (Å²) in [6.45, 7) is 2.96. The maximum absolute atomic E-state index is 12.9. The van der Waals surface area contributed by atoms with E-state index < -0.39 is 0 Å². The van der Waals surface area contributed by atoms with Crippen molar-refractivity contribution in [3.05, 3.63) is 60.4 Å². The van der Waals surface area contributed by atoms with Gasteiger partial charge in [0, 0.05) is 50.6 Å². The van der Waals surface area contributed by atoms with Gasteiger partial charge in [-0.2, -0.15) is 0 Å². The quantitative estimate of drug-likeness (QED) is 0.605. The number of imidazole rings is 1. The average molecular weight is 431 g/mol. The Morgan fingerprint density at radius 3 is 2.44 bits per heavy atom. The van der Waals surface area contributed by atoms with Crippen molar-refractivity contribution >= 4 is 28.5 Å². The molecule has 2 aliphatic rings. The SMILES string of the molecule is O=C(CCn1c(C2CC(=O)N(c3ccccc3)C2)nc2ccccc21)N1CCCCCC1. The highest BCUT2D eigenvalue weighted by atomic mass is 16.2. The van der Waals surface area contributed by atoms with Crippen LogP contribution in [0, 0.1) is 0 Å². The van der Waals surface area contributed by atoms with Crippen LogP contribution in [0.15, 0.2) is 54.6 Å². The summed E-state index contributed by atoms with van der Waals surface area (Å²) in [7, 11) is 0. The van der Waals surface area contributed by atoms with E-state index in [0.29, 0.717) is 25.9 Å². The van der Waals surface area contributed by atoms with Gasteiger partial charge in [0.15, 0.2) is 0 Å². The molecule has 0 aliphatic carbocycles. The van der Waals surface area contributed by atoms with E-state index in [1.165, 1.54) is 12.8 Å². The van der Waals surface area contributed by atoms with Gasteiger partial charge in [-0.05, 0) is 37.1 Å². The number of aryl methyl sites for hydroxylation is 1. The maximum Gasteiger partial charge on any atom is 0.227 e. The zero-order valence-corrected chi connectivity index (χ0v) is 18.4. The summed E-state index contributed by atoms with van der Waals surface area (Å²) in [5.41, 5.74) is 2.89. The molecule has 0 bridgehead atoms. The van der Waals surface area contributed by atoms with Crippen LogP contribution in [-0.2, 0) is 16.1 Å². The molecule has 1 unspecified atom stereocenters. The first-order chi connectivity index (χ1) is 15.7. The van der Waals surface area contributed by atoms with Gasteiger partial charge in [-0.1, -0.05) is 43.2 Å². The number of carbonyl (C=O) groups is 2. The number of nitrogens with zero attached hydrogens (tertiary/aromatic N) is 4. The molecule has 0 N–H and O–H groups in total. The first-order valence-electron chi connectivity index (χ1n) is 11.8. The van der Waals surface area contributed by atoms with Gasteiger partial charge in [0.1, 0.15) is 5.82 Å². The summed E-state index contributed by atoms with van der Waals surface area (Å²) in [5.74, 6) is 1.29. The zero-order valence-electron chi connectivity index (χ0n) is 18.4. The molecule has 0 radical (unpaired) electrons. The molecule has 3 aromatic rings. The second kappa shape index (κ2) is 9.15. The summed E-state index contributed by atoms with van der Waals surface area (Å²) in [5, 5.41) is 0. The molecule has 6 nitrogen and oxygen atoms in total. The van der Waals surface area contributed by atoms with Gasteiger partial charge < -0.3 is 14.4 Å². The van der Waals surface area contributed by atoms with Crippen molar-refractivity contribution in [2.24, 2.45) is 0 Å². The van der Waals surface area contributed by atoms with Crippen LogP contribution in [0.1, 0.15) is 50.3 Å². The molecule has 6 heteroatoms. The number of hydrogen-bond acceptors (Lipinski definition) is 3. The van der Waals surface area contributed by atoms with Gasteiger partial charge in [-0.3, -0.25) is 9.59 Å². The largest absolute Gasteiger partial charge is 0.343 e. The van der Waals surface area contributed by atoms with E-state index in [1.807, 2.05) is 58.3 Å². The molecule has 1 aromatic heterocycles. The van der Waals surface area contributed by atoms with E-state index in [1.54, 1.807) is 0 Å². The number of amides is 2. The third-order valence-electron chi connectivity index (χ3n) is 6.75. The number of likely N-dealkylation sites (tertiary alicyclic amines) is 1. The van der Waals surface area contributed by atoms with E-state index in [9.17, 15) is 9.59 Å². The summed E-state index contributed by atoms with van der Waals surface area (Å²) < 4.78 is 2.18. The molecular formula is C26H30N4O2. The summed E-state index contributed by atoms with van der Waals surface area (Å²) in [6.07, 6.45) is 5.55. The van der Waals surface area contributed by atoms with Gasteiger partial charge in [-0.25, -0.2) is 4.98 Å². The second-order valence-electron chi connectivity index (χ2n) is 8.90. The minimum Gasteiger partial charge on any atom is -0.343 e.